The molecule has 3 heterocycles. The number of nitrogens with zero attached hydrogens (tertiary/aromatic N) is 5. The Morgan fingerprint density at radius 1 is 1.10 bits per heavy atom. The quantitative estimate of drug-likeness (QED) is 0.154. The van der Waals surface area contributed by atoms with Gasteiger partial charge in [0.05, 0.1) is 29.9 Å². The summed E-state index contributed by atoms with van der Waals surface area (Å²) in [6, 6.07) is 12.2. The van der Waals surface area contributed by atoms with Gasteiger partial charge in [0.15, 0.2) is 5.75 Å². The van der Waals surface area contributed by atoms with Gasteiger partial charge in [-0.05, 0) is 69.6 Å². The van der Waals surface area contributed by atoms with E-state index in [9.17, 15) is 5.21 Å². The molecule has 2 aliphatic heterocycles. The lowest BCUT2D eigenvalue weighted by molar-refractivity contribution is 0.249. The van der Waals surface area contributed by atoms with Crippen LogP contribution < -0.4 is 30.1 Å². The maximum atomic E-state index is 10.7. The number of rotatable bonds is 10. The molecule has 1 fully saturated rings. The number of anilines is 7. The number of hydrogen-bond acceptors (Lipinski definition) is 11. The third-order valence-electron chi connectivity index (χ3n) is 7.41. The summed E-state index contributed by atoms with van der Waals surface area (Å²) >= 11 is 8.26. The molecule has 41 heavy (non-hydrogen) atoms. The van der Waals surface area contributed by atoms with E-state index in [0.29, 0.717) is 40.0 Å². The fourth-order valence-corrected chi connectivity index (χ4v) is 6.33. The van der Waals surface area contributed by atoms with Gasteiger partial charge in [-0.1, -0.05) is 37.6 Å². The average Bonchev–Trinajstić information content (AvgIpc) is 3.42. The number of piperidine rings is 1. The molecule has 3 aromatic rings. The summed E-state index contributed by atoms with van der Waals surface area (Å²) < 4.78 is 6.98. The number of aromatic nitrogens is 2. The summed E-state index contributed by atoms with van der Waals surface area (Å²) in [6.07, 6.45) is 2.97. The van der Waals surface area contributed by atoms with Crippen molar-refractivity contribution in [1.82, 2.24) is 14.9 Å². The minimum Gasteiger partial charge on any atom is -0.493 e. The van der Waals surface area contributed by atoms with E-state index in [1.165, 1.54) is 16.4 Å². The van der Waals surface area contributed by atoms with Crippen molar-refractivity contribution in [1.29, 1.82) is 0 Å². The van der Waals surface area contributed by atoms with Crippen LogP contribution in [0.2, 0.25) is 5.02 Å². The molecule has 2 aromatic carbocycles. The standard InChI is InChI=1S/C29H39ClN8O2S/c1-18(2)41-38(39)23-9-7-6-8-21(23)32-28-20-12-15-31-27(20)34-29(35-28)33-22-10-11-24(25(30)26(22)40-5)37-16-13-19(14-17-37)36(3)4/h6-11,18-19,39H,12-17H2,1-5H3,(H3,31,32,33,34,35). The minimum atomic E-state index is 0.217. The number of benzene rings is 2. The van der Waals surface area contributed by atoms with Crippen LogP contribution in [0, 0.1) is 0 Å². The number of fused-ring (bicyclic) bond motifs is 1. The highest BCUT2D eigenvalue weighted by atomic mass is 35.5. The first-order valence-corrected chi connectivity index (χ1v) is 15.2. The van der Waals surface area contributed by atoms with Crippen molar-refractivity contribution in [3.8, 4) is 5.75 Å². The monoisotopic (exact) mass is 598 g/mol. The van der Waals surface area contributed by atoms with Crippen LogP contribution in [-0.4, -0.2) is 72.2 Å². The Morgan fingerprint density at radius 2 is 1.85 bits per heavy atom. The lowest BCUT2D eigenvalue weighted by atomic mass is 10.0. The molecule has 12 heteroatoms. The zero-order valence-electron chi connectivity index (χ0n) is 24.2. The number of nitrogens with one attached hydrogen (secondary N) is 3. The second-order valence-electron chi connectivity index (χ2n) is 10.8. The van der Waals surface area contributed by atoms with E-state index in [0.717, 1.165) is 61.7 Å². The average molecular weight is 599 g/mol. The summed E-state index contributed by atoms with van der Waals surface area (Å²) in [5.74, 6) is 2.40. The van der Waals surface area contributed by atoms with Crippen molar-refractivity contribution in [3.63, 3.8) is 0 Å². The van der Waals surface area contributed by atoms with E-state index in [-0.39, 0.29) is 5.25 Å². The van der Waals surface area contributed by atoms with Gasteiger partial charge in [0.1, 0.15) is 16.7 Å². The number of halogens is 1. The van der Waals surface area contributed by atoms with Crippen molar-refractivity contribution < 1.29 is 9.94 Å². The zero-order valence-corrected chi connectivity index (χ0v) is 25.8. The lowest BCUT2D eigenvalue weighted by Crippen LogP contribution is -2.42. The number of para-hydroxylation sites is 2. The first-order chi connectivity index (χ1) is 19.7. The Bertz CT molecular complexity index is 1370. The highest BCUT2D eigenvalue weighted by Crippen LogP contribution is 2.43. The molecule has 0 bridgehead atoms. The molecular weight excluding hydrogens is 560 g/mol. The fourth-order valence-electron chi connectivity index (χ4n) is 5.29. The van der Waals surface area contributed by atoms with Gasteiger partial charge in [-0.3, -0.25) is 5.21 Å². The van der Waals surface area contributed by atoms with E-state index >= 15 is 0 Å². The molecule has 1 saturated heterocycles. The molecule has 0 atom stereocenters. The summed E-state index contributed by atoms with van der Waals surface area (Å²) in [4.78, 5) is 14.2. The Balaban J connectivity index is 1.41. The first-order valence-electron chi connectivity index (χ1n) is 14.0. The van der Waals surface area contributed by atoms with Crippen molar-refractivity contribution >= 4 is 63.9 Å². The third kappa shape index (κ3) is 6.53. The summed E-state index contributed by atoms with van der Waals surface area (Å²) in [5.41, 5.74) is 4.04. The van der Waals surface area contributed by atoms with Crippen LogP contribution in [0.4, 0.5) is 40.3 Å². The highest BCUT2D eigenvalue weighted by Gasteiger charge is 2.25. The van der Waals surface area contributed by atoms with Gasteiger partial charge in [-0.2, -0.15) is 14.4 Å². The van der Waals surface area contributed by atoms with Gasteiger partial charge >= 0.3 is 0 Å². The Hall–Kier alpha value is -3.12. The van der Waals surface area contributed by atoms with Gasteiger partial charge in [0.25, 0.3) is 0 Å². The summed E-state index contributed by atoms with van der Waals surface area (Å²) in [5, 5.41) is 21.6. The Labute approximate surface area is 251 Å². The first kappa shape index (κ1) is 29.4. The zero-order chi connectivity index (χ0) is 29.1. The molecular formula is C29H39ClN8O2S. The molecule has 1 aromatic heterocycles. The van der Waals surface area contributed by atoms with Crippen LogP contribution in [0.5, 0.6) is 5.75 Å². The smallest absolute Gasteiger partial charge is 0.231 e. The van der Waals surface area contributed by atoms with Crippen LogP contribution in [0.1, 0.15) is 32.3 Å². The second-order valence-corrected chi connectivity index (χ2v) is 12.6. The Kier molecular flexibility index (Phi) is 9.18. The van der Waals surface area contributed by atoms with Crippen LogP contribution >= 0.6 is 23.5 Å². The molecule has 10 nitrogen and oxygen atoms in total. The molecule has 0 aliphatic carbocycles. The van der Waals surface area contributed by atoms with Gasteiger partial charge in [-0.25, -0.2) is 0 Å². The predicted octanol–water partition coefficient (Wildman–Crippen LogP) is 6.38. The Morgan fingerprint density at radius 3 is 2.56 bits per heavy atom. The maximum Gasteiger partial charge on any atom is 0.231 e. The second kappa shape index (κ2) is 12.8. The molecule has 0 unspecified atom stereocenters. The lowest BCUT2D eigenvalue weighted by Gasteiger charge is -2.37. The van der Waals surface area contributed by atoms with E-state index in [4.69, 9.17) is 26.3 Å². The molecule has 2 aliphatic rings. The predicted molar refractivity (Wildman–Crippen MR) is 171 cm³/mol. The van der Waals surface area contributed by atoms with Crippen LogP contribution in [0.3, 0.4) is 0 Å². The fraction of sp³-hybridized carbons (Fsp3) is 0.448. The van der Waals surface area contributed by atoms with E-state index < -0.39 is 0 Å². The van der Waals surface area contributed by atoms with E-state index in [2.05, 4.69) is 39.8 Å². The molecule has 220 valence electrons. The topological polar surface area (TPSA) is 101 Å². The molecule has 5 rings (SSSR count). The third-order valence-corrected chi connectivity index (χ3v) is 8.59. The van der Waals surface area contributed by atoms with Gasteiger partial charge in [0.2, 0.25) is 5.95 Å². The van der Waals surface area contributed by atoms with Crippen molar-refractivity contribution in [2.24, 2.45) is 0 Å². The van der Waals surface area contributed by atoms with Crippen molar-refractivity contribution in [2.45, 2.75) is 44.4 Å². The van der Waals surface area contributed by atoms with Crippen LogP contribution in [0.15, 0.2) is 36.4 Å². The summed E-state index contributed by atoms with van der Waals surface area (Å²) in [7, 11) is 5.90. The normalized spacial score (nSPS) is 15.2. The summed E-state index contributed by atoms with van der Waals surface area (Å²) in [6.45, 7) is 6.72. The van der Waals surface area contributed by atoms with Gasteiger partial charge < -0.3 is 30.5 Å². The van der Waals surface area contributed by atoms with Crippen LogP contribution in [0.25, 0.3) is 0 Å². The molecule has 0 amide bonds. The van der Waals surface area contributed by atoms with Gasteiger partial charge in [0, 0.05) is 36.5 Å². The van der Waals surface area contributed by atoms with Gasteiger partial charge in [-0.15, -0.1) is 0 Å². The van der Waals surface area contributed by atoms with E-state index in [1.54, 1.807) is 7.11 Å². The number of hydrogen-bond donors (Lipinski definition) is 4. The SMILES string of the molecule is COc1c(Nc2nc3c(c(Nc4ccccc4N(O)SC(C)C)n2)CCN3)ccc(N2CCC(N(C)C)CC2)c1Cl. The molecule has 0 saturated carbocycles. The van der Waals surface area contributed by atoms with Crippen molar-refractivity contribution in [3.05, 3.63) is 47.0 Å². The number of methoxy groups -OCH3 is 1. The minimum absolute atomic E-state index is 0.217. The largest absolute Gasteiger partial charge is 0.493 e. The number of ether oxygens (including phenoxy) is 1. The van der Waals surface area contributed by atoms with Crippen LogP contribution in [-0.2, 0) is 6.42 Å². The van der Waals surface area contributed by atoms with E-state index in [1.807, 2.05) is 50.2 Å². The van der Waals surface area contributed by atoms with Crippen molar-refractivity contribution in [2.75, 3.05) is 66.2 Å². The maximum absolute atomic E-state index is 10.7. The molecule has 0 spiro atoms. The highest BCUT2D eigenvalue weighted by molar-refractivity contribution is 8.00. The molecule has 0 radical (unpaired) electrons. The molecule has 4 N–H and O–H groups in total.